The van der Waals surface area contributed by atoms with Gasteiger partial charge in [0.05, 0.1) is 4.92 Å². The minimum atomic E-state index is -0.383. The van der Waals surface area contributed by atoms with Crippen LogP contribution in [-0.2, 0) is 6.42 Å². The average Bonchev–Trinajstić information content (AvgIpc) is 2.28. The van der Waals surface area contributed by atoms with E-state index < -0.39 is 0 Å². The van der Waals surface area contributed by atoms with E-state index in [4.69, 9.17) is 4.74 Å². The zero-order valence-electron chi connectivity index (χ0n) is 9.10. The lowest BCUT2D eigenvalue weighted by Crippen LogP contribution is -2.05. The van der Waals surface area contributed by atoms with Crippen molar-refractivity contribution in [2.75, 3.05) is 0 Å². The van der Waals surface area contributed by atoms with Gasteiger partial charge in [-0.3, -0.25) is 10.1 Å². The monoisotopic (exact) mass is 219 g/mol. The van der Waals surface area contributed by atoms with Crippen molar-refractivity contribution in [2.45, 2.75) is 26.2 Å². The van der Waals surface area contributed by atoms with Crippen LogP contribution in [0.4, 0.5) is 5.69 Å². The molecule has 1 heterocycles. The first kappa shape index (κ1) is 10.7. The fourth-order valence-corrected chi connectivity index (χ4v) is 1.74. The Morgan fingerprint density at radius 1 is 1.50 bits per heavy atom. The molecule has 4 heteroatoms. The number of ether oxygens (including phenoxy) is 1. The fourth-order valence-electron chi connectivity index (χ4n) is 1.74. The van der Waals surface area contributed by atoms with Crippen molar-refractivity contribution in [3.05, 3.63) is 45.7 Å². The van der Waals surface area contributed by atoms with E-state index in [1.54, 1.807) is 12.1 Å². The van der Waals surface area contributed by atoms with Crippen molar-refractivity contribution < 1.29 is 9.66 Å². The largest absolute Gasteiger partial charge is 0.462 e. The molecule has 84 valence electrons. The molecule has 0 bridgehead atoms. The molecule has 0 unspecified atom stereocenters. The summed E-state index contributed by atoms with van der Waals surface area (Å²) in [4.78, 5) is 10.2. The number of allylic oxidation sites excluding steroid dienone is 2. The Morgan fingerprint density at radius 3 is 3.00 bits per heavy atom. The minimum absolute atomic E-state index is 0.120. The smallest absolute Gasteiger partial charge is 0.269 e. The first-order valence-electron chi connectivity index (χ1n) is 5.35. The molecular formula is C12H13NO3. The second-order valence-corrected chi connectivity index (χ2v) is 3.78. The van der Waals surface area contributed by atoms with Crippen LogP contribution >= 0.6 is 0 Å². The van der Waals surface area contributed by atoms with Gasteiger partial charge in [-0.25, -0.2) is 0 Å². The number of rotatable bonds is 3. The van der Waals surface area contributed by atoms with Crippen LogP contribution in [0.2, 0.25) is 0 Å². The summed E-state index contributed by atoms with van der Waals surface area (Å²) in [6.45, 7) is 2.09. The Kier molecular flexibility index (Phi) is 2.90. The lowest BCUT2D eigenvalue weighted by molar-refractivity contribution is -0.384. The Bertz CT molecular complexity index is 452. The highest BCUT2D eigenvalue weighted by Crippen LogP contribution is 2.30. The number of fused-ring (bicyclic) bond motifs is 1. The van der Waals surface area contributed by atoms with Gasteiger partial charge in [0.2, 0.25) is 0 Å². The maximum absolute atomic E-state index is 10.6. The van der Waals surface area contributed by atoms with Crippen LogP contribution in [0.3, 0.4) is 0 Å². The second-order valence-electron chi connectivity index (χ2n) is 3.78. The summed E-state index contributed by atoms with van der Waals surface area (Å²) in [5, 5.41) is 10.6. The summed E-state index contributed by atoms with van der Waals surface area (Å²) in [6, 6.07) is 4.73. The second kappa shape index (κ2) is 4.35. The van der Waals surface area contributed by atoms with Crippen molar-refractivity contribution >= 4 is 5.69 Å². The van der Waals surface area contributed by atoms with E-state index in [1.165, 1.54) is 6.07 Å². The summed E-state index contributed by atoms with van der Waals surface area (Å²) < 4.78 is 5.65. The Balaban J connectivity index is 2.24. The number of non-ortho nitro benzene ring substituents is 1. The van der Waals surface area contributed by atoms with Gasteiger partial charge in [-0.15, -0.1) is 0 Å². The highest BCUT2D eigenvalue weighted by molar-refractivity contribution is 5.46. The maximum Gasteiger partial charge on any atom is 0.269 e. The Hall–Kier alpha value is -1.84. The first-order chi connectivity index (χ1) is 7.70. The number of benzene rings is 1. The molecule has 0 saturated carbocycles. The topological polar surface area (TPSA) is 52.4 Å². The van der Waals surface area contributed by atoms with E-state index in [2.05, 4.69) is 6.92 Å². The molecular weight excluding hydrogens is 206 g/mol. The highest BCUT2D eigenvalue weighted by Gasteiger charge is 2.15. The SMILES string of the molecule is CCCC1=CCc2cc([N+](=O)[O-])ccc2O1. The quantitative estimate of drug-likeness (QED) is 0.579. The standard InChI is InChI=1S/C12H13NO3/c1-2-3-11-6-4-9-8-10(13(14)15)5-7-12(9)16-11/h5-8H,2-4H2,1H3. The molecule has 0 amide bonds. The van der Waals surface area contributed by atoms with Gasteiger partial charge < -0.3 is 4.74 Å². The molecule has 1 aromatic carbocycles. The van der Waals surface area contributed by atoms with Gasteiger partial charge >= 0.3 is 0 Å². The molecule has 4 nitrogen and oxygen atoms in total. The number of nitrogens with zero attached hydrogens (tertiary/aromatic N) is 1. The van der Waals surface area contributed by atoms with Crippen LogP contribution in [-0.4, -0.2) is 4.92 Å². The zero-order valence-corrected chi connectivity index (χ0v) is 9.10. The van der Waals surface area contributed by atoms with Gasteiger partial charge in [0.25, 0.3) is 5.69 Å². The Morgan fingerprint density at radius 2 is 2.31 bits per heavy atom. The zero-order chi connectivity index (χ0) is 11.5. The van der Waals surface area contributed by atoms with Crippen LogP contribution in [0.1, 0.15) is 25.3 Å². The van der Waals surface area contributed by atoms with Gasteiger partial charge in [0, 0.05) is 24.1 Å². The third-order valence-electron chi connectivity index (χ3n) is 2.54. The molecule has 1 aliphatic heterocycles. The van der Waals surface area contributed by atoms with Crippen LogP contribution in [0, 0.1) is 10.1 Å². The molecule has 0 aliphatic carbocycles. The normalized spacial score (nSPS) is 13.7. The molecule has 0 saturated heterocycles. The van der Waals surface area contributed by atoms with Crippen LogP contribution in [0.5, 0.6) is 5.75 Å². The molecule has 0 radical (unpaired) electrons. The average molecular weight is 219 g/mol. The summed E-state index contributed by atoms with van der Waals surface area (Å²) >= 11 is 0. The first-order valence-corrected chi connectivity index (χ1v) is 5.35. The van der Waals surface area contributed by atoms with E-state index in [-0.39, 0.29) is 10.6 Å². The van der Waals surface area contributed by atoms with E-state index in [0.717, 1.165) is 29.9 Å². The van der Waals surface area contributed by atoms with E-state index in [9.17, 15) is 10.1 Å². The third-order valence-corrected chi connectivity index (χ3v) is 2.54. The van der Waals surface area contributed by atoms with E-state index in [0.29, 0.717) is 6.42 Å². The summed E-state index contributed by atoms with van der Waals surface area (Å²) in [6.07, 6.45) is 4.66. The van der Waals surface area contributed by atoms with Gasteiger partial charge in [-0.1, -0.05) is 6.92 Å². The molecule has 1 aliphatic rings. The van der Waals surface area contributed by atoms with Crippen LogP contribution in [0.15, 0.2) is 30.0 Å². The molecule has 0 fully saturated rings. The number of nitro benzene ring substituents is 1. The van der Waals surface area contributed by atoms with Gasteiger partial charge in [0.15, 0.2) is 0 Å². The number of nitro groups is 1. The Labute approximate surface area is 93.7 Å². The van der Waals surface area contributed by atoms with E-state index >= 15 is 0 Å². The molecule has 2 rings (SSSR count). The van der Waals surface area contributed by atoms with Gasteiger partial charge in [0.1, 0.15) is 11.5 Å². The highest BCUT2D eigenvalue weighted by atomic mass is 16.6. The number of hydrogen-bond donors (Lipinski definition) is 0. The third kappa shape index (κ3) is 2.05. The van der Waals surface area contributed by atoms with Crippen molar-refractivity contribution in [1.82, 2.24) is 0 Å². The van der Waals surface area contributed by atoms with Gasteiger partial charge in [-0.05, 0) is 25.0 Å². The lowest BCUT2D eigenvalue weighted by Gasteiger charge is -2.17. The van der Waals surface area contributed by atoms with E-state index in [1.807, 2.05) is 6.08 Å². The van der Waals surface area contributed by atoms with Crippen LogP contribution < -0.4 is 4.74 Å². The fraction of sp³-hybridized carbons (Fsp3) is 0.333. The lowest BCUT2D eigenvalue weighted by atomic mass is 10.1. The van der Waals surface area contributed by atoms with Crippen molar-refractivity contribution in [3.63, 3.8) is 0 Å². The minimum Gasteiger partial charge on any atom is -0.462 e. The molecule has 16 heavy (non-hydrogen) atoms. The van der Waals surface area contributed by atoms with Crippen LogP contribution in [0.25, 0.3) is 0 Å². The molecule has 1 aromatic rings. The maximum atomic E-state index is 10.6. The predicted octanol–water partition coefficient (Wildman–Crippen LogP) is 3.21. The molecule has 0 aromatic heterocycles. The summed E-state index contributed by atoms with van der Waals surface area (Å²) in [5.74, 6) is 1.71. The van der Waals surface area contributed by atoms with Crippen molar-refractivity contribution in [1.29, 1.82) is 0 Å². The summed E-state index contributed by atoms with van der Waals surface area (Å²) in [7, 11) is 0. The summed E-state index contributed by atoms with van der Waals surface area (Å²) in [5.41, 5.74) is 1.00. The van der Waals surface area contributed by atoms with Gasteiger partial charge in [-0.2, -0.15) is 0 Å². The molecule has 0 spiro atoms. The van der Waals surface area contributed by atoms with Crippen molar-refractivity contribution in [2.24, 2.45) is 0 Å². The van der Waals surface area contributed by atoms with Crippen molar-refractivity contribution in [3.8, 4) is 5.75 Å². The number of hydrogen-bond acceptors (Lipinski definition) is 3. The predicted molar refractivity (Wildman–Crippen MR) is 60.4 cm³/mol. The molecule has 0 N–H and O–H groups in total. The molecule has 0 atom stereocenters.